The van der Waals surface area contributed by atoms with Crippen LogP contribution in [0, 0.1) is 0 Å². The van der Waals surface area contributed by atoms with Crippen molar-refractivity contribution in [3.8, 4) is 0 Å². The van der Waals surface area contributed by atoms with E-state index in [-0.39, 0.29) is 5.43 Å². The number of halogens is 1. The molecule has 0 aliphatic heterocycles. The highest BCUT2D eigenvalue weighted by Crippen LogP contribution is 2.18. The van der Waals surface area contributed by atoms with Gasteiger partial charge in [-0.25, -0.2) is 0 Å². The standard InChI is InChI=1S/C11H10BrNO2/c12-7-1-2-11-9(5-7)10(14)6-8(15-11)3-4-13/h1-2,5-6H,3-4,13H2. The van der Waals surface area contributed by atoms with Crippen LogP contribution in [0.3, 0.4) is 0 Å². The van der Waals surface area contributed by atoms with Crippen LogP contribution in [0.4, 0.5) is 0 Å². The minimum Gasteiger partial charge on any atom is -0.461 e. The minimum atomic E-state index is -0.0269. The van der Waals surface area contributed by atoms with Crippen LogP contribution in [0.1, 0.15) is 5.76 Å². The van der Waals surface area contributed by atoms with Gasteiger partial charge in [0, 0.05) is 17.0 Å². The molecule has 2 aromatic rings. The van der Waals surface area contributed by atoms with Gasteiger partial charge in [0.1, 0.15) is 11.3 Å². The van der Waals surface area contributed by atoms with Gasteiger partial charge in [-0.2, -0.15) is 0 Å². The Labute approximate surface area is 95.0 Å². The first-order valence-electron chi connectivity index (χ1n) is 4.63. The zero-order chi connectivity index (χ0) is 10.8. The van der Waals surface area contributed by atoms with Gasteiger partial charge in [-0.15, -0.1) is 0 Å². The van der Waals surface area contributed by atoms with Gasteiger partial charge >= 0.3 is 0 Å². The molecule has 0 spiro atoms. The zero-order valence-corrected chi connectivity index (χ0v) is 9.58. The van der Waals surface area contributed by atoms with Crippen molar-refractivity contribution in [3.63, 3.8) is 0 Å². The zero-order valence-electron chi connectivity index (χ0n) is 8.00. The summed E-state index contributed by atoms with van der Waals surface area (Å²) in [6.07, 6.45) is 0.585. The topological polar surface area (TPSA) is 56.2 Å². The van der Waals surface area contributed by atoms with Gasteiger partial charge in [-0.05, 0) is 24.7 Å². The van der Waals surface area contributed by atoms with E-state index < -0.39 is 0 Å². The lowest BCUT2D eigenvalue weighted by Crippen LogP contribution is -2.07. The molecule has 0 radical (unpaired) electrons. The first-order chi connectivity index (χ1) is 7.20. The highest BCUT2D eigenvalue weighted by atomic mass is 79.9. The highest BCUT2D eigenvalue weighted by Gasteiger charge is 2.04. The van der Waals surface area contributed by atoms with Gasteiger partial charge in [0.25, 0.3) is 0 Å². The predicted molar refractivity (Wildman–Crippen MR) is 62.9 cm³/mol. The molecule has 0 aliphatic rings. The Morgan fingerprint density at radius 2 is 2.13 bits per heavy atom. The summed E-state index contributed by atoms with van der Waals surface area (Å²) in [4.78, 5) is 11.7. The fourth-order valence-electron chi connectivity index (χ4n) is 1.44. The molecule has 0 saturated heterocycles. The number of hydrogen-bond acceptors (Lipinski definition) is 3. The van der Waals surface area contributed by atoms with Crippen LogP contribution in [0.15, 0.2) is 37.9 Å². The van der Waals surface area contributed by atoms with Gasteiger partial charge in [-0.3, -0.25) is 4.79 Å². The van der Waals surface area contributed by atoms with Crippen molar-refractivity contribution in [3.05, 3.63) is 44.7 Å². The van der Waals surface area contributed by atoms with Gasteiger partial charge in [-0.1, -0.05) is 15.9 Å². The summed E-state index contributed by atoms with van der Waals surface area (Å²) in [6.45, 7) is 0.477. The third-order valence-electron chi connectivity index (χ3n) is 2.13. The van der Waals surface area contributed by atoms with Crippen LogP contribution in [0.25, 0.3) is 11.0 Å². The Hall–Kier alpha value is -1.13. The van der Waals surface area contributed by atoms with Crippen molar-refractivity contribution in [1.29, 1.82) is 0 Å². The maximum absolute atomic E-state index is 11.7. The molecule has 2 rings (SSSR count). The van der Waals surface area contributed by atoms with Crippen molar-refractivity contribution in [2.75, 3.05) is 6.54 Å². The largest absolute Gasteiger partial charge is 0.461 e. The molecule has 78 valence electrons. The molecule has 2 N–H and O–H groups in total. The molecular formula is C11H10BrNO2. The molecule has 0 aliphatic carbocycles. The maximum Gasteiger partial charge on any atom is 0.192 e. The summed E-state index contributed by atoms with van der Waals surface area (Å²) < 4.78 is 6.41. The van der Waals surface area contributed by atoms with Crippen molar-refractivity contribution in [1.82, 2.24) is 0 Å². The fourth-order valence-corrected chi connectivity index (χ4v) is 1.80. The van der Waals surface area contributed by atoms with E-state index in [2.05, 4.69) is 15.9 Å². The Balaban J connectivity index is 2.67. The molecule has 0 bridgehead atoms. The third kappa shape index (κ3) is 2.11. The van der Waals surface area contributed by atoms with Crippen molar-refractivity contribution in [2.24, 2.45) is 5.73 Å². The van der Waals surface area contributed by atoms with E-state index in [4.69, 9.17) is 10.2 Å². The van der Waals surface area contributed by atoms with E-state index in [1.165, 1.54) is 6.07 Å². The van der Waals surface area contributed by atoms with E-state index >= 15 is 0 Å². The molecule has 4 heteroatoms. The fraction of sp³-hybridized carbons (Fsp3) is 0.182. The summed E-state index contributed by atoms with van der Waals surface area (Å²) in [5.74, 6) is 0.636. The van der Waals surface area contributed by atoms with E-state index in [1.54, 1.807) is 12.1 Å². The molecule has 0 amide bonds. The average Bonchev–Trinajstić information content (AvgIpc) is 2.20. The number of nitrogens with two attached hydrogens (primary N) is 1. The van der Waals surface area contributed by atoms with E-state index in [0.717, 1.165) is 4.47 Å². The monoisotopic (exact) mass is 267 g/mol. The number of hydrogen-bond donors (Lipinski definition) is 1. The average molecular weight is 268 g/mol. The SMILES string of the molecule is NCCc1cc(=O)c2cc(Br)ccc2o1. The van der Waals surface area contributed by atoms with E-state index in [9.17, 15) is 4.79 Å². The molecule has 0 saturated carbocycles. The van der Waals surface area contributed by atoms with E-state index in [1.807, 2.05) is 6.07 Å². The molecule has 0 fully saturated rings. The van der Waals surface area contributed by atoms with Crippen LogP contribution in [0.5, 0.6) is 0 Å². The van der Waals surface area contributed by atoms with Crippen LogP contribution < -0.4 is 11.2 Å². The lowest BCUT2D eigenvalue weighted by molar-refractivity contribution is 0.537. The quantitative estimate of drug-likeness (QED) is 0.906. The molecule has 0 atom stereocenters. The summed E-state index contributed by atoms with van der Waals surface area (Å²) in [6, 6.07) is 6.88. The van der Waals surface area contributed by atoms with Gasteiger partial charge < -0.3 is 10.2 Å². The van der Waals surface area contributed by atoms with Gasteiger partial charge in [0.05, 0.1) is 5.39 Å². The maximum atomic E-state index is 11.7. The minimum absolute atomic E-state index is 0.0269. The van der Waals surface area contributed by atoms with Crippen LogP contribution in [-0.2, 0) is 6.42 Å². The van der Waals surface area contributed by atoms with Crippen LogP contribution >= 0.6 is 15.9 Å². The molecule has 0 unspecified atom stereocenters. The Morgan fingerprint density at radius 1 is 1.33 bits per heavy atom. The summed E-state index contributed by atoms with van der Waals surface area (Å²) in [5, 5.41) is 0.588. The number of rotatable bonds is 2. The van der Waals surface area contributed by atoms with Crippen molar-refractivity contribution in [2.45, 2.75) is 6.42 Å². The summed E-state index contributed by atoms with van der Waals surface area (Å²) in [5.41, 5.74) is 5.99. The summed E-state index contributed by atoms with van der Waals surface area (Å²) in [7, 11) is 0. The lowest BCUT2D eigenvalue weighted by Gasteiger charge is -2.01. The van der Waals surface area contributed by atoms with Crippen molar-refractivity contribution < 1.29 is 4.42 Å². The van der Waals surface area contributed by atoms with E-state index in [0.29, 0.717) is 29.7 Å². The second kappa shape index (κ2) is 4.16. The summed E-state index contributed by atoms with van der Waals surface area (Å²) >= 11 is 3.32. The van der Waals surface area contributed by atoms with Gasteiger partial charge in [0.2, 0.25) is 0 Å². The smallest absolute Gasteiger partial charge is 0.192 e. The molecule has 1 aromatic heterocycles. The van der Waals surface area contributed by atoms with Crippen molar-refractivity contribution >= 4 is 26.9 Å². The Morgan fingerprint density at radius 3 is 2.87 bits per heavy atom. The Kier molecular flexibility index (Phi) is 2.88. The highest BCUT2D eigenvalue weighted by molar-refractivity contribution is 9.10. The second-order valence-electron chi connectivity index (χ2n) is 3.26. The first kappa shape index (κ1) is 10.4. The lowest BCUT2D eigenvalue weighted by atomic mass is 10.2. The molecule has 3 nitrogen and oxygen atoms in total. The van der Waals surface area contributed by atoms with Crippen LogP contribution in [-0.4, -0.2) is 6.54 Å². The second-order valence-corrected chi connectivity index (χ2v) is 4.17. The molecular weight excluding hydrogens is 258 g/mol. The third-order valence-corrected chi connectivity index (χ3v) is 2.62. The molecule has 15 heavy (non-hydrogen) atoms. The van der Waals surface area contributed by atoms with Gasteiger partial charge in [0.15, 0.2) is 5.43 Å². The number of fused-ring (bicyclic) bond motifs is 1. The van der Waals surface area contributed by atoms with Crippen LogP contribution in [0.2, 0.25) is 0 Å². The number of benzene rings is 1. The normalized spacial score (nSPS) is 10.8. The predicted octanol–water partition coefficient (Wildman–Crippen LogP) is 2.06. The first-order valence-corrected chi connectivity index (χ1v) is 5.42. The molecule has 1 heterocycles. The molecule has 1 aromatic carbocycles. The Bertz CT molecular complexity index is 548.